The molecule has 2 aromatic rings. The van der Waals surface area contributed by atoms with Crippen LogP contribution in [0.2, 0.25) is 0 Å². The quantitative estimate of drug-likeness (QED) is 0.804. The summed E-state index contributed by atoms with van der Waals surface area (Å²) >= 11 is 0. The third-order valence-corrected chi connectivity index (χ3v) is 2.96. The third kappa shape index (κ3) is 3.08. The summed E-state index contributed by atoms with van der Waals surface area (Å²) in [6, 6.07) is 18.3. The first-order valence-corrected chi connectivity index (χ1v) is 6.18. The number of aliphatic hydroxyl groups is 1. The molecule has 18 heavy (non-hydrogen) atoms. The monoisotopic (exact) mass is 238 g/mol. The molecule has 0 fully saturated rings. The van der Waals surface area contributed by atoms with Crippen LogP contribution in [0, 0.1) is 6.92 Å². The second-order valence-corrected chi connectivity index (χ2v) is 4.55. The predicted molar refractivity (Wildman–Crippen MR) is 77.2 cm³/mol. The van der Waals surface area contributed by atoms with Gasteiger partial charge in [0.2, 0.25) is 0 Å². The summed E-state index contributed by atoms with van der Waals surface area (Å²) < 4.78 is 0. The molecule has 2 rings (SSSR count). The second kappa shape index (κ2) is 5.65. The highest BCUT2D eigenvalue weighted by atomic mass is 16.3. The van der Waals surface area contributed by atoms with Crippen molar-refractivity contribution < 1.29 is 5.11 Å². The van der Waals surface area contributed by atoms with Crippen LogP contribution in [0.3, 0.4) is 0 Å². The first-order chi connectivity index (χ1) is 8.66. The second-order valence-electron chi connectivity index (χ2n) is 4.55. The normalized spacial score (nSPS) is 13.4. The average molecular weight is 238 g/mol. The number of benzene rings is 2. The van der Waals surface area contributed by atoms with Crippen molar-refractivity contribution in [2.45, 2.75) is 20.0 Å². The van der Waals surface area contributed by atoms with Gasteiger partial charge in [-0.3, -0.25) is 0 Å². The molecule has 0 aromatic heterocycles. The Morgan fingerprint density at radius 2 is 1.61 bits per heavy atom. The number of hydrogen-bond acceptors (Lipinski definition) is 1. The largest absolute Gasteiger partial charge is 0.389 e. The first-order valence-electron chi connectivity index (χ1n) is 6.18. The zero-order chi connectivity index (χ0) is 13.0. The first kappa shape index (κ1) is 12.6. The lowest BCUT2D eigenvalue weighted by atomic mass is 9.98. The molecule has 0 aliphatic rings. The van der Waals surface area contributed by atoms with Gasteiger partial charge >= 0.3 is 0 Å². The number of aliphatic hydroxyl groups excluding tert-OH is 1. The molecule has 0 heterocycles. The molecule has 1 atom stereocenters. The van der Waals surface area contributed by atoms with Crippen molar-refractivity contribution >= 4 is 11.6 Å². The molecule has 1 heteroatoms. The van der Waals surface area contributed by atoms with Crippen LogP contribution in [0.25, 0.3) is 11.6 Å². The van der Waals surface area contributed by atoms with Gasteiger partial charge in [-0.1, -0.05) is 60.2 Å². The summed E-state index contributed by atoms with van der Waals surface area (Å²) in [5.41, 5.74) is 4.36. The fourth-order valence-corrected chi connectivity index (χ4v) is 1.92. The SMILES string of the molecule is Cc1ccc(/C=C(\c2ccccc2)[C@@H](C)O)cc1. The van der Waals surface area contributed by atoms with Gasteiger partial charge in [0, 0.05) is 0 Å². The lowest BCUT2D eigenvalue weighted by Crippen LogP contribution is -2.03. The summed E-state index contributed by atoms with van der Waals surface area (Å²) in [5, 5.41) is 9.91. The standard InChI is InChI=1S/C17H18O/c1-13-8-10-15(11-9-13)12-17(14(2)18)16-6-4-3-5-7-16/h3-12,14,18H,1-2H3/b17-12-/t14-/m1/s1. The molecule has 1 nitrogen and oxygen atoms in total. The van der Waals surface area contributed by atoms with Crippen molar-refractivity contribution in [3.8, 4) is 0 Å². The predicted octanol–water partition coefficient (Wildman–Crippen LogP) is 3.92. The van der Waals surface area contributed by atoms with Crippen molar-refractivity contribution in [2.75, 3.05) is 0 Å². The van der Waals surface area contributed by atoms with Gasteiger partial charge in [0.15, 0.2) is 0 Å². The molecule has 0 bridgehead atoms. The summed E-state index contributed by atoms with van der Waals surface area (Å²) in [7, 11) is 0. The van der Waals surface area contributed by atoms with Crippen LogP contribution in [0.5, 0.6) is 0 Å². The maximum absolute atomic E-state index is 9.91. The molecule has 0 spiro atoms. The summed E-state index contributed by atoms with van der Waals surface area (Å²) in [6.45, 7) is 3.87. The highest BCUT2D eigenvalue weighted by Gasteiger charge is 2.07. The zero-order valence-corrected chi connectivity index (χ0v) is 10.8. The summed E-state index contributed by atoms with van der Waals surface area (Å²) in [5.74, 6) is 0. The lowest BCUT2D eigenvalue weighted by Gasteiger charge is -2.11. The highest BCUT2D eigenvalue weighted by molar-refractivity contribution is 5.83. The van der Waals surface area contributed by atoms with E-state index in [2.05, 4.69) is 31.2 Å². The molecular formula is C17H18O. The van der Waals surface area contributed by atoms with Crippen LogP contribution >= 0.6 is 0 Å². The fourth-order valence-electron chi connectivity index (χ4n) is 1.92. The molecule has 0 saturated heterocycles. The Morgan fingerprint density at radius 1 is 1.00 bits per heavy atom. The molecular weight excluding hydrogens is 220 g/mol. The molecule has 0 amide bonds. The smallest absolute Gasteiger partial charge is 0.0767 e. The van der Waals surface area contributed by atoms with E-state index in [4.69, 9.17) is 0 Å². The summed E-state index contributed by atoms with van der Waals surface area (Å²) in [6.07, 6.45) is 1.56. The maximum atomic E-state index is 9.91. The van der Waals surface area contributed by atoms with Crippen molar-refractivity contribution in [2.24, 2.45) is 0 Å². The van der Waals surface area contributed by atoms with Crippen LogP contribution in [0.1, 0.15) is 23.6 Å². The molecule has 0 radical (unpaired) electrons. The van der Waals surface area contributed by atoms with Gasteiger partial charge in [0.05, 0.1) is 6.10 Å². The van der Waals surface area contributed by atoms with Crippen LogP contribution in [0.15, 0.2) is 54.6 Å². The number of hydrogen-bond donors (Lipinski definition) is 1. The molecule has 1 N–H and O–H groups in total. The van der Waals surface area contributed by atoms with E-state index in [1.54, 1.807) is 6.92 Å². The Hall–Kier alpha value is -1.86. The Balaban J connectivity index is 2.39. The van der Waals surface area contributed by atoms with Crippen LogP contribution in [-0.4, -0.2) is 11.2 Å². The molecule has 0 aliphatic heterocycles. The lowest BCUT2D eigenvalue weighted by molar-refractivity contribution is 0.254. The van der Waals surface area contributed by atoms with Gasteiger partial charge in [0.25, 0.3) is 0 Å². The number of aryl methyl sites for hydroxylation is 1. The van der Waals surface area contributed by atoms with E-state index in [0.717, 1.165) is 16.7 Å². The zero-order valence-electron chi connectivity index (χ0n) is 10.8. The number of rotatable bonds is 3. The van der Waals surface area contributed by atoms with E-state index in [-0.39, 0.29) is 0 Å². The van der Waals surface area contributed by atoms with E-state index in [9.17, 15) is 5.11 Å². The van der Waals surface area contributed by atoms with Crippen molar-refractivity contribution in [3.05, 3.63) is 71.3 Å². The van der Waals surface area contributed by atoms with Gasteiger partial charge in [-0.2, -0.15) is 0 Å². The fraction of sp³-hybridized carbons (Fsp3) is 0.176. The topological polar surface area (TPSA) is 20.2 Å². The van der Waals surface area contributed by atoms with Gasteiger partial charge in [-0.25, -0.2) is 0 Å². The minimum absolute atomic E-state index is 0.478. The van der Waals surface area contributed by atoms with E-state index in [1.807, 2.05) is 36.4 Å². The average Bonchev–Trinajstić information content (AvgIpc) is 2.38. The van der Waals surface area contributed by atoms with Crippen LogP contribution < -0.4 is 0 Å². The van der Waals surface area contributed by atoms with Crippen molar-refractivity contribution in [3.63, 3.8) is 0 Å². The molecule has 92 valence electrons. The van der Waals surface area contributed by atoms with E-state index < -0.39 is 6.10 Å². The minimum atomic E-state index is -0.478. The molecule has 0 unspecified atom stereocenters. The van der Waals surface area contributed by atoms with Gasteiger partial charge in [-0.15, -0.1) is 0 Å². The van der Waals surface area contributed by atoms with E-state index in [1.165, 1.54) is 5.56 Å². The Bertz CT molecular complexity index is 521. The van der Waals surface area contributed by atoms with E-state index >= 15 is 0 Å². The maximum Gasteiger partial charge on any atom is 0.0767 e. The van der Waals surface area contributed by atoms with Crippen LogP contribution in [-0.2, 0) is 0 Å². The third-order valence-electron chi connectivity index (χ3n) is 2.96. The van der Waals surface area contributed by atoms with Crippen LogP contribution in [0.4, 0.5) is 0 Å². The molecule has 0 saturated carbocycles. The minimum Gasteiger partial charge on any atom is -0.389 e. The molecule has 0 aliphatic carbocycles. The Labute approximate surface area is 108 Å². The van der Waals surface area contributed by atoms with Crippen molar-refractivity contribution in [1.82, 2.24) is 0 Å². The van der Waals surface area contributed by atoms with E-state index in [0.29, 0.717) is 0 Å². The van der Waals surface area contributed by atoms with Crippen molar-refractivity contribution in [1.29, 1.82) is 0 Å². The van der Waals surface area contributed by atoms with Gasteiger partial charge < -0.3 is 5.11 Å². The Kier molecular flexibility index (Phi) is 3.96. The summed E-state index contributed by atoms with van der Waals surface area (Å²) in [4.78, 5) is 0. The van der Waals surface area contributed by atoms with Gasteiger partial charge in [0.1, 0.15) is 0 Å². The van der Waals surface area contributed by atoms with Gasteiger partial charge in [-0.05, 0) is 36.6 Å². The Morgan fingerprint density at radius 3 is 2.17 bits per heavy atom. The molecule has 2 aromatic carbocycles. The highest BCUT2D eigenvalue weighted by Crippen LogP contribution is 2.21.